The number of hydrogen-bond acceptors (Lipinski definition) is 5. The molecule has 0 atom stereocenters. The van der Waals surface area contributed by atoms with Crippen LogP contribution in [0.5, 0.6) is 0 Å². The molecule has 0 N–H and O–H groups in total. The molecule has 8 heteroatoms. The fourth-order valence-corrected chi connectivity index (χ4v) is 3.12. The highest BCUT2D eigenvalue weighted by atomic mass is 35.5. The summed E-state index contributed by atoms with van der Waals surface area (Å²) in [5, 5.41) is 5.02. The Labute approximate surface area is 157 Å². The number of esters is 1. The first-order valence-electron chi connectivity index (χ1n) is 8.32. The maximum absolute atomic E-state index is 12.5. The van der Waals surface area contributed by atoms with Crippen LogP contribution in [0.2, 0.25) is 5.02 Å². The lowest BCUT2D eigenvalue weighted by Gasteiger charge is -2.34. The third kappa shape index (κ3) is 4.23. The molecule has 26 heavy (non-hydrogen) atoms. The molecule has 1 fully saturated rings. The smallest absolute Gasteiger partial charge is 0.356 e. The number of benzene rings is 1. The number of piperazine rings is 1. The van der Waals surface area contributed by atoms with Gasteiger partial charge in [-0.2, -0.15) is 5.10 Å². The van der Waals surface area contributed by atoms with Gasteiger partial charge in [0.15, 0.2) is 0 Å². The third-order valence-corrected chi connectivity index (χ3v) is 4.65. The lowest BCUT2D eigenvalue weighted by Crippen LogP contribution is -2.49. The maximum atomic E-state index is 12.5. The zero-order valence-electron chi connectivity index (χ0n) is 14.8. The van der Waals surface area contributed by atoms with E-state index in [2.05, 4.69) is 5.10 Å². The number of methoxy groups -OCH3 is 1. The van der Waals surface area contributed by atoms with Gasteiger partial charge in [0.2, 0.25) is 5.91 Å². The van der Waals surface area contributed by atoms with E-state index in [0.29, 0.717) is 36.9 Å². The van der Waals surface area contributed by atoms with Gasteiger partial charge in [-0.3, -0.25) is 14.4 Å². The average Bonchev–Trinajstić information content (AvgIpc) is 2.98. The Hall–Kier alpha value is -2.38. The zero-order chi connectivity index (χ0) is 18.7. The molecule has 0 spiro atoms. The van der Waals surface area contributed by atoms with Crippen LogP contribution >= 0.6 is 11.6 Å². The summed E-state index contributed by atoms with van der Waals surface area (Å²) in [6.45, 7) is 2.84. The van der Waals surface area contributed by atoms with Crippen molar-refractivity contribution < 1.29 is 14.3 Å². The number of ether oxygens (including phenoxy) is 1. The number of nitrogens with zero attached hydrogens (tertiary/aromatic N) is 4. The Morgan fingerprint density at radius 2 is 1.96 bits per heavy atom. The Balaban J connectivity index is 1.58. The minimum atomic E-state index is -0.421. The Morgan fingerprint density at radius 3 is 2.62 bits per heavy atom. The molecule has 0 bridgehead atoms. The molecule has 3 rings (SSSR count). The van der Waals surface area contributed by atoms with Gasteiger partial charge in [-0.25, -0.2) is 4.79 Å². The van der Waals surface area contributed by atoms with E-state index in [-0.39, 0.29) is 5.91 Å². The van der Waals surface area contributed by atoms with Gasteiger partial charge in [0.1, 0.15) is 5.69 Å². The molecule has 0 aliphatic carbocycles. The molecule has 0 radical (unpaired) electrons. The van der Waals surface area contributed by atoms with E-state index in [0.717, 1.165) is 17.8 Å². The van der Waals surface area contributed by atoms with Gasteiger partial charge in [0, 0.05) is 38.2 Å². The van der Waals surface area contributed by atoms with Crippen LogP contribution in [0.15, 0.2) is 30.3 Å². The number of carbonyl (C=O) groups excluding carboxylic acids is 2. The highest BCUT2D eigenvalue weighted by Crippen LogP contribution is 2.15. The van der Waals surface area contributed by atoms with Crippen LogP contribution in [0.3, 0.4) is 0 Å². The van der Waals surface area contributed by atoms with Gasteiger partial charge in [0.25, 0.3) is 0 Å². The molecule has 0 saturated carbocycles. The zero-order valence-corrected chi connectivity index (χ0v) is 15.6. The Kier molecular flexibility index (Phi) is 5.58. The summed E-state index contributed by atoms with van der Waals surface area (Å²) in [5.41, 5.74) is 2.20. The molecular weight excluding hydrogens is 356 g/mol. The minimum Gasteiger partial charge on any atom is -0.464 e. The molecule has 0 unspecified atom stereocenters. The van der Waals surface area contributed by atoms with Gasteiger partial charge in [-0.1, -0.05) is 23.7 Å². The molecule has 1 aliphatic rings. The van der Waals surface area contributed by atoms with Gasteiger partial charge in [-0.05, 0) is 23.8 Å². The van der Waals surface area contributed by atoms with Crippen LogP contribution in [0.25, 0.3) is 0 Å². The van der Waals surface area contributed by atoms with Gasteiger partial charge in [-0.15, -0.1) is 0 Å². The molecule has 1 aliphatic heterocycles. The first kappa shape index (κ1) is 18.4. The molecule has 2 heterocycles. The van der Waals surface area contributed by atoms with Crippen LogP contribution in [0.4, 0.5) is 0 Å². The summed E-state index contributed by atoms with van der Waals surface area (Å²) in [6, 6.07) is 9.24. The van der Waals surface area contributed by atoms with E-state index < -0.39 is 5.97 Å². The SMILES string of the molecule is COC(=O)c1cc(CN2CCN(Cc3ccc(Cl)cc3)C(=O)C2)nn1C. The quantitative estimate of drug-likeness (QED) is 0.743. The van der Waals surface area contributed by atoms with Crippen molar-refractivity contribution in [2.45, 2.75) is 13.1 Å². The molecule has 138 valence electrons. The normalized spacial score (nSPS) is 15.3. The van der Waals surface area contributed by atoms with Gasteiger partial charge in [0.05, 0.1) is 19.3 Å². The van der Waals surface area contributed by atoms with Gasteiger partial charge < -0.3 is 9.64 Å². The average molecular weight is 377 g/mol. The van der Waals surface area contributed by atoms with Crippen molar-refractivity contribution in [2.24, 2.45) is 7.05 Å². The van der Waals surface area contributed by atoms with E-state index in [9.17, 15) is 9.59 Å². The number of hydrogen-bond donors (Lipinski definition) is 0. The number of aromatic nitrogens is 2. The van der Waals surface area contributed by atoms with Crippen LogP contribution < -0.4 is 0 Å². The molecule has 1 aromatic heterocycles. The molecule has 1 saturated heterocycles. The fraction of sp³-hybridized carbons (Fsp3) is 0.389. The second-order valence-corrected chi connectivity index (χ2v) is 6.72. The van der Waals surface area contributed by atoms with Crippen molar-refractivity contribution in [1.82, 2.24) is 19.6 Å². The van der Waals surface area contributed by atoms with Crippen LogP contribution in [-0.4, -0.2) is 58.2 Å². The highest BCUT2D eigenvalue weighted by Gasteiger charge is 2.25. The number of carbonyl (C=O) groups is 2. The summed E-state index contributed by atoms with van der Waals surface area (Å²) in [4.78, 5) is 28.0. The van der Waals surface area contributed by atoms with E-state index in [1.165, 1.54) is 11.8 Å². The summed E-state index contributed by atoms with van der Waals surface area (Å²) in [5.74, 6) is -0.342. The standard InChI is InChI=1S/C18H21ClN4O3/c1-21-16(18(25)26-2)9-15(20-21)11-22-7-8-23(17(24)12-22)10-13-3-5-14(19)6-4-13/h3-6,9H,7-8,10-12H2,1-2H3. The predicted octanol–water partition coefficient (Wildman–Crippen LogP) is 1.70. The maximum Gasteiger partial charge on any atom is 0.356 e. The van der Waals surface area contributed by atoms with E-state index >= 15 is 0 Å². The fourth-order valence-electron chi connectivity index (χ4n) is 3.00. The number of amides is 1. The van der Waals surface area contributed by atoms with Crippen molar-refractivity contribution in [3.05, 3.63) is 52.3 Å². The lowest BCUT2D eigenvalue weighted by atomic mass is 10.2. The van der Waals surface area contributed by atoms with Crippen LogP contribution in [-0.2, 0) is 29.7 Å². The molecule has 7 nitrogen and oxygen atoms in total. The van der Waals surface area contributed by atoms with Crippen molar-refractivity contribution in [3.63, 3.8) is 0 Å². The minimum absolute atomic E-state index is 0.0790. The van der Waals surface area contributed by atoms with E-state index in [1.807, 2.05) is 34.1 Å². The number of aryl methyl sites for hydroxylation is 1. The summed E-state index contributed by atoms with van der Waals surface area (Å²) in [7, 11) is 3.04. The molecule has 1 amide bonds. The molecule has 2 aromatic rings. The van der Waals surface area contributed by atoms with Crippen molar-refractivity contribution >= 4 is 23.5 Å². The van der Waals surface area contributed by atoms with Crippen LogP contribution in [0, 0.1) is 0 Å². The predicted molar refractivity (Wildman–Crippen MR) is 96.7 cm³/mol. The van der Waals surface area contributed by atoms with E-state index in [1.54, 1.807) is 13.1 Å². The summed E-state index contributed by atoms with van der Waals surface area (Å²) >= 11 is 5.90. The Morgan fingerprint density at radius 1 is 1.23 bits per heavy atom. The summed E-state index contributed by atoms with van der Waals surface area (Å²) < 4.78 is 6.23. The highest BCUT2D eigenvalue weighted by molar-refractivity contribution is 6.30. The largest absolute Gasteiger partial charge is 0.464 e. The topological polar surface area (TPSA) is 67.7 Å². The van der Waals surface area contributed by atoms with Crippen molar-refractivity contribution in [2.75, 3.05) is 26.7 Å². The number of rotatable bonds is 5. The van der Waals surface area contributed by atoms with Gasteiger partial charge >= 0.3 is 5.97 Å². The monoisotopic (exact) mass is 376 g/mol. The first-order chi connectivity index (χ1) is 12.5. The third-order valence-electron chi connectivity index (χ3n) is 4.39. The number of halogens is 1. The molecule has 1 aromatic carbocycles. The van der Waals surface area contributed by atoms with E-state index in [4.69, 9.17) is 16.3 Å². The Bertz CT molecular complexity index is 803. The second kappa shape index (κ2) is 7.88. The first-order valence-corrected chi connectivity index (χ1v) is 8.70. The van der Waals surface area contributed by atoms with Crippen molar-refractivity contribution in [1.29, 1.82) is 0 Å². The lowest BCUT2D eigenvalue weighted by molar-refractivity contribution is -0.136. The van der Waals surface area contributed by atoms with Crippen molar-refractivity contribution in [3.8, 4) is 0 Å². The van der Waals surface area contributed by atoms with Crippen LogP contribution in [0.1, 0.15) is 21.7 Å². The second-order valence-electron chi connectivity index (χ2n) is 6.29. The molecular formula is C18H21ClN4O3. The summed E-state index contributed by atoms with van der Waals surface area (Å²) in [6.07, 6.45) is 0.